The molecule has 7 heteroatoms. The van der Waals surface area contributed by atoms with Gasteiger partial charge >= 0.3 is 0 Å². The lowest BCUT2D eigenvalue weighted by molar-refractivity contribution is -0.111. The number of hydrogen-bond donors (Lipinski definition) is 1. The van der Waals surface area contributed by atoms with Crippen LogP contribution in [0.2, 0.25) is 0 Å². The Morgan fingerprint density at radius 1 is 1.22 bits per heavy atom. The smallest absolute Gasteiger partial charge is 0.248 e. The average molecular weight is 398 g/mol. The van der Waals surface area contributed by atoms with Gasteiger partial charge in [-0.05, 0) is 36.4 Å². The van der Waals surface area contributed by atoms with Gasteiger partial charge in [0, 0.05) is 22.4 Å². The quantitative estimate of drug-likeness (QED) is 0.800. The summed E-state index contributed by atoms with van der Waals surface area (Å²) in [7, 11) is -3.46. The fraction of sp³-hybridized carbons (Fsp3) is 0.0625. The molecule has 23 heavy (non-hydrogen) atoms. The fourth-order valence-corrected chi connectivity index (χ4v) is 3.10. The Morgan fingerprint density at radius 3 is 2.61 bits per heavy atom. The summed E-state index contributed by atoms with van der Waals surface area (Å²) in [6, 6.07) is 10.4. The van der Waals surface area contributed by atoms with Gasteiger partial charge in [0.1, 0.15) is 5.82 Å². The summed E-state index contributed by atoms with van der Waals surface area (Å²) in [5, 5.41) is 2.48. The van der Waals surface area contributed by atoms with Crippen LogP contribution in [0.1, 0.15) is 5.56 Å². The van der Waals surface area contributed by atoms with Crippen LogP contribution in [-0.4, -0.2) is 20.6 Å². The Morgan fingerprint density at radius 2 is 1.91 bits per heavy atom. The van der Waals surface area contributed by atoms with Gasteiger partial charge in [-0.25, -0.2) is 12.8 Å². The van der Waals surface area contributed by atoms with Gasteiger partial charge in [-0.3, -0.25) is 4.79 Å². The van der Waals surface area contributed by atoms with Gasteiger partial charge in [0.05, 0.1) is 10.6 Å². The lowest BCUT2D eigenvalue weighted by Gasteiger charge is -2.07. The SMILES string of the molecule is CS(=O)(=O)c1ccccc1NC(=O)/C=C/c1cc(Br)ccc1F. The lowest BCUT2D eigenvalue weighted by Crippen LogP contribution is -2.11. The highest BCUT2D eigenvalue weighted by Crippen LogP contribution is 2.21. The Labute approximate surface area is 142 Å². The second-order valence-electron chi connectivity index (χ2n) is 4.76. The normalized spacial score (nSPS) is 11.6. The maximum atomic E-state index is 13.6. The molecule has 0 radical (unpaired) electrons. The van der Waals surface area contributed by atoms with Crippen molar-refractivity contribution in [1.82, 2.24) is 0 Å². The third-order valence-electron chi connectivity index (χ3n) is 2.92. The molecule has 0 heterocycles. The van der Waals surface area contributed by atoms with E-state index in [1.54, 1.807) is 18.2 Å². The number of halogens is 2. The molecule has 0 aliphatic rings. The molecule has 0 fully saturated rings. The van der Waals surface area contributed by atoms with Crippen LogP contribution < -0.4 is 5.32 Å². The molecule has 0 unspecified atom stereocenters. The van der Waals surface area contributed by atoms with Gasteiger partial charge in [-0.1, -0.05) is 28.1 Å². The van der Waals surface area contributed by atoms with Gasteiger partial charge in [-0.2, -0.15) is 0 Å². The Kier molecular flexibility index (Phi) is 5.33. The number of hydrogen-bond acceptors (Lipinski definition) is 3. The maximum Gasteiger partial charge on any atom is 0.248 e. The van der Waals surface area contributed by atoms with Crippen molar-refractivity contribution in [2.75, 3.05) is 11.6 Å². The van der Waals surface area contributed by atoms with Crippen molar-refractivity contribution in [3.8, 4) is 0 Å². The van der Waals surface area contributed by atoms with E-state index < -0.39 is 21.6 Å². The minimum absolute atomic E-state index is 0.0235. The minimum Gasteiger partial charge on any atom is -0.321 e. The molecule has 1 amide bonds. The zero-order valence-electron chi connectivity index (χ0n) is 12.1. The van der Waals surface area contributed by atoms with Crippen molar-refractivity contribution in [1.29, 1.82) is 0 Å². The van der Waals surface area contributed by atoms with E-state index in [4.69, 9.17) is 0 Å². The largest absolute Gasteiger partial charge is 0.321 e. The van der Waals surface area contributed by atoms with Crippen molar-refractivity contribution < 1.29 is 17.6 Å². The van der Waals surface area contributed by atoms with Gasteiger partial charge in [0.2, 0.25) is 5.91 Å². The van der Waals surface area contributed by atoms with E-state index in [1.165, 1.54) is 30.3 Å². The van der Waals surface area contributed by atoms with Crippen LogP contribution in [-0.2, 0) is 14.6 Å². The van der Waals surface area contributed by atoms with E-state index in [9.17, 15) is 17.6 Å². The van der Waals surface area contributed by atoms with E-state index in [0.717, 1.165) is 12.3 Å². The second kappa shape index (κ2) is 7.06. The van der Waals surface area contributed by atoms with E-state index in [0.29, 0.717) is 4.47 Å². The second-order valence-corrected chi connectivity index (χ2v) is 7.66. The summed E-state index contributed by atoms with van der Waals surface area (Å²) in [5.74, 6) is -1.02. The number of amides is 1. The average Bonchev–Trinajstić information content (AvgIpc) is 2.47. The minimum atomic E-state index is -3.46. The number of para-hydroxylation sites is 1. The molecule has 0 atom stereocenters. The number of benzene rings is 2. The van der Waals surface area contributed by atoms with E-state index in [1.807, 2.05) is 0 Å². The van der Waals surface area contributed by atoms with Crippen LogP contribution in [0, 0.1) is 5.82 Å². The first-order valence-corrected chi connectivity index (χ1v) is 9.19. The van der Waals surface area contributed by atoms with Crippen LogP contribution in [0.15, 0.2) is 57.9 Å². The van der Waals surface area contributed by atoms with Crippen molar-refractivity contribution >= 4 is 43.4 Å². The molecule has 0 bridgehead atoms. The predicted octanol–water partition coefficient (Wildman–Crippen LogP) is 3.64. The summed E-state index contributed by atoms with van der Waals surface area (Å²) in [6.45, 7) is 0. The topological polar surface area (TPSA) is 63.2 Å². The standard InChI is InChI=1S/C16H13BrFNO3S/c1-23(21,22)15-5-3-2-4-14(15)19-16(20)9-6-11-10-12(17)7-8-13(11)18/h2-10H,1H3,(H,19,20)/b9-6+. The third kappa shape index (κ3) is 4.74. The first kappa shape index (κ1) is 17.4. The van der Waals surface area contributed by atoms with Crippen LogP contribution >= 0.6 is 15.9 Å². The summed E-state index contributed by atoms with van der Waals surface area (Å²) >= 11 is 3.22. The molecule has 0 aliphatic heterocycles. The molecule has 0 saturated heterocycles. The van der Waals surface area contributed by atoms with Crippen molar-refractivity contribution in [3.05, 3.63) is 64.4 Å². The Hall–Kier alpha value is -1.99. The highest BCUT2D eigenvalue weighted by Gasteiger charge is 2.13. The molecule has 0 spiro atoms. The number of nitrogens with one attached hydrogen (secondary N) is 1. The predicted molar refractivity (Wildman–Crippen MR) is 91.3 cm³/mol. The van der Waals surface area contributed by atoms with Crippen molar-refractivity contribution in [2.45, 2.75) is 4.90 Å². The highest BCUT2D eigenvalue weighted by atomic mass is 79.9. The van der Waals surface area contributed by atoms with Crippen molar-refractivity contribution in [2.24, 2.45) is 0 Å². The number of carbonyl (C=O) groups excluding carboxylic acids is 1. The zero-order valence-corrected chi connectivity index (χ0v) is 14.5. The molecular weight excluding hydrogens is 385 g/mol. The summed E-state index contributed by atoms with van der Waals surface area (Å²) in [5.41, 5.74) is 0.422. The number of rotatable bonds is 4. The molecule has 2 aromatic rings. The molecule has 4 nitrogen and oxygen atoms in total. The van der Waals surface area contributed by atoms with E-state index in [2.05, 4.69) is 21.2 Å². The molecular formula is C16H13BrFNO3S. The summed E-state index contributed by atoms with van der Waals surface area (Å²) in [6.07, 6.45) is 3.52. The highest BCUT2D eigenvalue weighted by molar-refractivity contribution is 9.10. The summed E-state index contributed by atoms with van der Waals surface area (Å²) in [4.78, 5) is 12.0. The Bertz CT molecular complexity index is 879. The number of anilines is 1. The molecule has 0 saturated carbocycles. The van der Waals surface area contributed by atoms with Gasteiger partial charge in [0.15, 0.2) is 9.84 Å². The summed E-state index contributed by atoms with van der Waals surface area (Å²) < 4.78 is 37.6. The Balaban J connectivity index is 2.21. The van der Waals surface area contributed by atoms with Crippen LogP contribution in [0.4, 0.5) is 10.1 Å². The van der Waals surface area contributed by atoms with E-state index in [-0.39, 0.29) is 16.1 Å². The van der Waals surface area contributed by atoms with Gasteiger partial charge in [0.25, 0.3) is 0 Å². The van der Waals surface area contributed by atoms with Crippen LogP contribution in [0.25, 0.3) is 6.08 Å². The monoisotopic (exact) mass is 397 g/mol. The molecule has 2 rings (SSSR count). The first-order chi connectivity index (χ1) is 10.8. The molecule has 0 aliphatic carbocycles. The number of carbonyl (C=O) groups is 1. The third-order valence-corrected chi connectivity index (χ3v) is 4.56. The lowest BCUT2D eigenvalue weighted by atomic mass is 10.2. The zero-order chi connectivity index (χ0) is 17.0. The van der Waals surface area contributed by atoms with Gasteiger partial charge < -0.3 is 5.32 Å². The number of sulfone groups is 1. The molecule has 120 valence electrons. The fourth-order valence-electron chi connectivity index (χ4n) is 1.88. The van der Waals surface area contributed by atoms with Crippen LogP contribution in [0.3, 0.4) is 0 Å². The molecule has 1 N–H and O–H groups in total. The van der Waals surface area contributed by atoms with Crippen LogP contribution in [0.5, 0.6) is 0 Å². The first-order valence-electron chi connectivity index (χ1n) is 6.50. The van der Waals surface area contributed by atoms with Crippen molar-refractivity contribution in [3.63, 3.8) is 0 Å². The molecule has 2 aromatic carbocycles. The maximum absolute atomic E-state index is 13.6. The van der Waals surface area contributed by atoms with E-state index >= 15 is 0 Å². The van der Waals surface area contributed by atoms with Gasteiger partial charge in [-0.15, -0.1) is 0 Å². The molecule has 0 aromatic heterocycles.